The first-order valence-electron chi connectivity index (χ1n) is 7.95. The first kappa shape index (κ1) is 16.7. The van der Waals surface area contributed by atoms with Crippen LogP contribution in [-0.4, -0.2) is 29.0 Å². The molecule has 0 aliphatic carbocycles. The molecule has 130 valence electrons. The lowest BCUT2D eigenvalue weighted by molar-refractivity contribution is 0.339. The van der Waals surface area contributed by atoms with Crippen molar-refractivity contribution in [1.29, 1.82) is 0 Å². The van der Waals surface area contributed by atoms with Gasteiger partial charge in [-0.1, -0.05) is 0 Å². The van der Waals surface area contributed by atoms with Gasteiger partial charge >= 0.3 is 0 Å². The van der Waals surface area contributed by atoms with E-state index in [1.807, 2.05) is 38.1 Å². The van der Waals surface area contributed by atoms with E-state index in [1.54, 1.807) is 25.3 Å². The van der Waals surface area contributed by atoms with Crippen molar-refractivity contribution in [3.05, 3.63) is 48.2 Å². The molecule has 3 rings (SSSR count). The van der Waals surface area contributed by atoms with E-state index in [1.165, 1.54) is 0 Å². The number of hydrogen-bond donors (Lipinski definition) is 2. The Balaban J connectivity index is 1.92. The second-order valence-electron chi connectivity index (χ2n) is 5.42. The van der Waals surface area contributed by atoms with Crippen LogP contribution in [-0.2, 0) is 0 Å². The molecule has 25 heavy (non-hydrogen) atoms. The lowest BCUT2D eigenvalue weighted by Crippen LogP contribution is -1.92. The van der Waals surface area contributed by atoms with Gasteiger partial charge in [-0.05, 0) is 50.2 Å². The molecule has 1 aromatic heterocycles. The minimum absolute atomic E-state index is 0.0717. The molecule has 0 saturated heterocycles. The lowest BCUT2D eigenvalue weighted by Gasteiger charge is -2.10. The molecule has 0 atom stereocenters. The number of nitrogens with one attached hydrogen (secondary N) is 1. The predicted octanol–water partition coefficient (Wildman–Crippen LogP) is 4.29. The molecule has 2 N–H and O–H groups in total. The van der Waals surface area contributed by atoms with Crippen LogP contribution >= 0.6 is 0 Å². The number of phenolic OH excluding ortho intramolecular Hbond substituents is 1. The normalized spacial score (nSPS) is 10.5. The quantitative estimate of drug-likeness (QED) is 0.700. The zero-order valence-electron chi connectivity index (χ0n) is 14.4. The van der Waals surface area contributed by atoms with Crippen molar-refractivity contribution in [3.8, 4) is 40.0 Å². The third kappa shape index (κ3) is 3.52. The second-order valence-corrected chi connectivity index (χ2v) is 5.42. The smallest absolute Gasteiger partial charge is 0.176 e. The molecule has 0 saturated carbocycles. The first-order chi connectivity index (χ1) is 12.1. The number of aromatic amines is 1. The highest BCUT2D eigenvalue weighted by Crippen LogP contribution is 2.39. The third-order valence-electron chi connectivity index (χ3n) is 3.71. The number of hydrogen-bond acceptors (Lipinski definition) is 5. The molecule has 6 heteroatoms. The monoisotopic (exact) mass is 340 g/mol. The fourth-order valence-electron chi connectivity index (χ4n) is 2.45. The average molecular weight is 340 g/mol. The summed E-state index contributed by atoms with van der Waals surface area (Å²) in [5.41, 5.74) is 1.86. The third-order valence-corrected chi connectivity index (χ3v) is 3.71. The molecule has 0 radical (unpaired) electrons. The topological polar surface area (TPSA) is 76.6 Å². The summed E-state index contributed by atoms with van der Waals surface area (Å²) in [6.45, 7) is 4.41. The minimum Gasteiger partial charge on any atom is -0.507 e. The molecular weight excluding hydrogens is 320 g/mol. The van der Waals surface area contributed by atoms with E-state index in [2.05, 4.69) is 10.2 Å². The van der Waals surface area contributed by atoms with E-state index >= 15 is 0 Å². The second kappa shape index (κ2) is 7.17. The average Bonchev–Trinajstić information content (AvgIpc) is 2.97. The number of nitrogens with zero attached hydrogens (tertiary/aromatic N) is 1. The van der Waals surface area contributed by atoms with Crippen LogP contribution in [0.25, 0.3) is 11.3 Å². The van der Waals surface area contributed by atoms with E-state index < -0.39 is 0 Å². The highest BCUT2D eigenvalue weighted by atomic mass is 16.5. The van der Waals surface area contributed by atoms with Crippen LogP contribution in [0.3, 0.4) is 0 Å². The van der Waals surface area contributed by atoms with E-state index in [9.17, 15) is 5.11 Å². The zero-order valence-corrected chi connectivity index (χ0v) is 14.4. The number of phenols is 1. The standard InChI is InChI=1S/C19H20N2O4/c1-4-24-13-5-7-14(8-6-13)25-19-12(2)20-21-18(19)16-10-9-15(23-3)11-17(16)22/h5-11,22H,4H2,1-3H3,(H,20,21). The summed E-state index contributed by atoms with van der Waals surface area (Å²) in [5.74, 6) is 2.64. The molecule has 0 unspecified atom stereocenters. The van der Waals surface area contributed by atoms with Gasteiger partial charge in [0.15, 0.2) is 5.75 Å². The van der Waals surface area contributed by atoms with E-state index in [-0.39, 0.29) is 5.75 Å². The van der Waals surface area contributed by atoms with Gasteiger partial charge in [-0.2, -0.15) is 5.10 Å². The number of methoxy groups -OCH3 is 1. The number of benzene rings is 2. The van der Waals surface area contributed by atoms with E-state index in [4.69, 9.17) is 14.2 Å². The van der Waals surface area contributed by atoms with Crippen molar-refractivity contribution in [2.75, 3.05) is 13.7 Å². The molecule has 0 aliphatic rings. The fraction of sp³-hybridized carbons (Fsp3) is 0.211. The van der Waals surface area contributed by atoms with Crippen molar-refractivity contribution < 1.29 is 19.3 Å². The fourth-order valence-corrected chi connectivity index (χ4v) is 2.45. The van der Waals surface area contributed by atoms with Crippen molar-refractivity contribution in [1.82, 2.24) is 10.2 Å². The number of rotatable bonds is 6. The largest absolute Gasteiger partial charge is 0.507 e. The van der Waals surface area contributed by atoms with Crippen molar-refractivity contribution >= 4 is 0 Å². The summed E-state index contributed by atoms with van der Waals surface area (Å²) in [5, 5.41) is 17.4. The van der Waals surface area contributed by atoms with Crippen LogP contribution in [0, 0.1) is 6.92 Å². The summed E-state index contributed by atoms with van der Waals surface area (Å²) in [4.78, 5) is 0. The molecule has 0 amide bonds. The van der Waals surface area contributed by atoms with Crippen LogP contribution in [0.2, 0.25) is 0 Å². The Morgan fingerprint density at radius 1 is 1.04 bits per heavy atom. The molecule has 2 aromatic carbocycles. The summed E-state index contributed by atoms with van der Waals surface area (Å²) >= 11 is 0. The highest BCUT2D eigenvalue weighted by Gasteiger charge is 2.18. The van der Waals surface area contributed by atoms with Crippen LogP contribution in [0.5, 0.6) is 28.7 Å². The number of aromatic hydroxyl groups is 1. The number of H-pyrrole nitrogens is 1. The summed E-state index contributed by atoms with van der Waals surface area (Å²) in [7, 11) is 1.55. The molecule has 0 spiro atoms. The van der Waals surface area contributed by atoms with Gasteiger partial charge in [-0.3, -0.25) is 5.10 Å². The van der Waals surface area contributed by atoms with Gasteiger partial charge in [0.25, 0.3) is 0 Å². The Kier molecular flexibility index (Phi) is 4.79. The number of aryl methyl sites for hydroxylation is 1. The Bertz CT molecular complexity index is 856. The Morgan fingerprint density at radius 2 is 1.72 bits per heavy atom. The molecule has 3 aromatic rings. The molecular formula is C19H20N2O4. The van der Waals surface area contributed by atoms with Crippen molar-refractivity contribution in [2.24, 2.45) is 0 Å². The molecule has 1 heterocycles. The minimum atomic E-state index is 0.0717. The lowest BCUT2D eigenvalue weighted by atomic mass is 10.1. The van der Waals surface area contributed by atoms with Crippen LogP contribution in [0.15, 0.2) is 42.5 Å². The van der Waals surface area contributed by atoms with Gasteiger partial charge < -0.3 is 19.3 Å². The van der Waals surface area contributed by atoms with Crippen LogP contribution in [0.4, 0.5) is 0 Å². The first-order valence-corrected chi connectivity index (χ1v) is 7.95. The molecule has 0 fully saturated rings. The van der Waals surface area contributed by atoms with Gasteiger partial charge in [0, 0.05) is 11.6 Å². The maximum absolute atomic E-state index is 10.3. The van der Waals surface area contributed by atoms with E-state index in [0.717, 1.165) is 11.4 Å². The van der Waals surface area contributed by atoms with Gasteiger partial charge in [-0.25, -0.2) is 0 Å². The van der Waals surface area contributed by atoms with Gasteiger partial charge in [-0.15, -0.1) is 0 Å². The van der Waals surface area contributed by atoms with Crippen molar-refractivity contribution in [2.45, 2.75) is 13.8 Å². The Morgan fingerprint density at radius 3 is 2.36 bits per heavy atom. The number of aromatic nitrogens is 2. The summed E-state index contributed by atoms with van der Waals surface area (Å²) in [6, 6.07) is 12.4. The predicted molar refractivity (Wildman–Crippen MR) is 94.7 cm³/mol. The Labute approximate surface area is 146 Å². The summed E-state index contributed by atoms with van der Waals surface area (Å²) < 4.78 is 16.5. The van der Waals surface area contributed by atoms with Crippen molar-refractivity contribution in [3.63, 3.8) is 0 Å². The Hall–Kier alpha value is -3.15. The van der Waals surface area contributed by atoms with Crippen LogP contribution < -0.4 is 14.2 Å². The van der Waals surface area contributed by atoms with Gasteiger partial charge in [0.2, 0.25) is 0 Å². The maximum atomic E-state index is 10.3. The molecule has 6 nitrogen and oxygen atoms in total. The number of ether oxygens (including phenoxy) is 3. The molecule has 0 aliphatic heterocycles. The summed E-state index contributed by atoms with van der Waals surface area (Å²) in [6.07, 6.45) is 0. The van der Waals surface area contributed by atoms with E-state index in [0.29, 0.717) is 35.1 Å². The highest BCUT2D eigenvalue weighted by molar-refractivity contribution is 5.74. The SMILES string of the molecule is CCOc1ccc(Oc2c(-c3ccc(OC)cc3O)n[nH]c2C)cc1. The van der Waals surface area contributed by atoms with Gasteiger partial charge in [0.05, 0.1) is 19.4 Å². The van der Waals surface area contributed by atoms with Gasteiger partial charge in [0.1, 0.15) is 28.7 Å². The van der Waals surface area contributed by atoms with Crippen LogP contribution in [0.1, 0.15) is 12.6 Å². The maximum Gasteiger partial charge on any atom is 0.176 e. The zero-order chi connectivity index (χ0) is 17.8. The molecule has 0 bridgehead atoms.